The Morgan fingerprint density at radius 1 is 1.23 bits per heavy atom. The van der Waals surface area contributed by atoms with Crippen molar-refractivity contribution in [2.45, 2.75) is 45.8 Å². The van der Waals surface area contributed by atoms with Gasteiger partial charge in [-0.3, -0.25) is 14.3 Å². The number of rotatable bonds is 6. The van der Waals surface area contributed by atoms with E-state index in [1.54, 1.807) is 31.9 Å². The van der Waals surface area contributed by atoms with Crippen molar-refractivity contribution in [3.8, 4) is 11.4 Å². The number of aromatic nitrogens is 2. The first-order valence-electron chi connectivity index (χ1n) is 9.91. The molecule has 0 saturated carbocycles. The quantitative estimate of drug-likeness (QED) is 0.721. The summed E-state index contributed by atoms with van der Waals surface area (Å²) < 4.78 is 11.8. The zero-order valence-electron chi connectivity index (χ0n) is 17.9. The van der Waals surface area contributed by atoms with Gasteiger partial charge in [-0.25, -0.2) is 15.0 Å². The van der Waals surface area contributed by atoms with Crippen LogP contribution in [0.25, 0.3) is 11.4 Å². The van der Waals surface area contributed by atoms with E-state index in [0.717, 1.165) is 5.56 Å². The molecule has 0 bridgehead atoms. The smallest absolute Gasteiger partial charge is 0.348 e. The summed E-state index contributed by atoms with van der Waals surface area (Å²) in [4.78, 5) is 36.0. The lowest BCUT2D eigenvalue weighted by atomic mass is 10.1. The average molecular weight is 413 g/mol. The van der Waals surface area contributed by atoms with E-state index in [9.17, 15) is 9.59 Å². The summed E-state index contributed by atoms with van der Waals surface area (Å²) in [6.45, 7) is 5.13. The average Bonchev–Trinajstić information content (AvgIpc) is 3.09. The fraction of sp³-hybridized carbons (Fsp3) is 0.429. The van der Waals surface area contributed by atoms with Crippen molar-refractivity contribution in [2.24, 2.45) is 0 Å². The van der Waals surface area contributed by atoms with Gasteiger partial charge in [0.1, 0.15) is 17.6 Å². The molecule has 160 valence electrons. The first-order chi connectivity index (χ1) is 14.3. The summed E-state index contributed by atoms with van der Waals surface area (Å²) in [5.74, 6) is -1.64. The van der Waals surface area contributed by atoms with E-state index >= 15 is 0 Å². The first kappa shape index (κ1) is 21.7. The van der Waals surface area contributed by atoms with Crippen molar-refractivity contribution in [1.29, 1.82) is 0 Å². The highest BCUT2D eigenvalue weighted by molar-refractivity contribution is 5.78. The van der Waals surface area contributed by atoms with Gasteiger partial charge in [0.05, 0.1) is 0 Å². The summed E-state index contributed by atoms with van der Waals surface area (Å²) in [5.41, 5.74) is 4.14. The van der Waals surface area contributed by atoms with Crippen molar-refractivity contribution < 1.29 is 19.1 Å². The van der Waals surface area contributed by atoms with Crippen molar-refractivity contribution in [3.63, 3.8) is 0 Å². The number of carbonyl (C=O) groups is 2. The molecule has 0 spiro atoms. The number of carbonyl (C=O) groups excluding carboxylic acids is 2. The van der Waals surface area contributed by atoms with Crippen LogP contribution in [0.5, 0.6) is 0 Å². The number of nitrogens with one attached hydrogen (secondary N) is 1. The molecule has 1 aliphatic heterocycles. The second-order valence-corrected chi connectivity index (χ2v) is 7.07. The van der Waals surface area contributed by atoms with Gasteiger partial charge in [0, 0.05) is 38.7 Å². The van der Waals surface area contributed by atoms with Crippen LogP contribution in [0.4, 0.5) is 5.82 Å². The maximum atomic E-state index is 12.7. The van der Waals surface area contributed by atoms with Crippen molar-refractivity contribution in [2.75, 3.05) is 19.0 Å². The summed E-state index contributed by atoms with van der Waals surface area (Å²) in [5, 5.41) is 1.22. The van der Waals surface area contributed by atoms with Gasteiger partial charge in [0.2, 0.25) is 5.91 Å². The maximum absolute atomic E-state index is 12.7. The summed E-state index contributed by atoms with van der Waals surface area (Å²) in [6.07, 6.45) is 1.28. The van der Waals surface area contributed by atoms with E-state index in [4.69, 9.17) is 9.47 Å². The maximum Gasteiger partial charge on any atom is 0.348 e. The lowest BCUT2D eigenvalue weighted by Crippen LogP contribution is -2.53. The molecule has 9 nitrogen and oxygen atoms in total. The van der Waals surface area contributed by atoms with Crippen LogP contribution in [0, 0.1) is 0 Å². The molecule has 1 aromatic heterocycles. The molecule has 9 heteroatoms. The van der Waals surface area contributed by atoms with E-state index in [0.29, 0.717) is 17.2 Å². The number of nitrogens with zero attached hydrogens (tertiary/aromatic N) is 4. The molecular weight excluding hydrogens is 386 g/mol. The normalized spacial score (nSPS) is 20.8. The predicted octanol–water partition coefficient (Wildman–Crippen LogP) is 2.39. The molecule has 2 unspecified atom stereocenters. The van der Waals surface area contributed by atoms with Crippen LogP contribution < -0.4 is 10.3 Å². The van der Waals surface area contributed by atoms with Crippen LogP contribution in [0.15, 0.2) is 36.5 Å². The van der Waals surface area contributed by atoms with E-state index in [-0.39, 0.29) is 18.7 Å². The van der Waals surface area contributed by atoms with E-state index in [1.807, 2.05) is 44.4 Å². The van der Waals surface area contributed by atoms with Crippen molar-refractivity contribution in [1.82, 2.24) is 20.4 Å². The number of hydrogen-bond acceptors (Lipinski definition) is 8. The molecule has 2 aromatic rings. The van der Waals surface area contributed by atoms with Crippen LogP contribution in [-0.2, 0) is 25.0 Å². The Bertz CT molecular complexity index is 921. The highest BCUT2D eigenvalue weighted by atomic mass is 16.8. The highest BCUT2D eigenvalue weighted by Gasteiger charge is 2.55. The van der Waals surface area contributed by atoms with E-state index < -0.39 is 18.1 Å². The minimum absolute atomic E-state index is 0.119. The SMILES string of the molecule is CCC(=O)OC1(c2cnc(-c3ccccc3)nc2N(C)C)OC(C)NN1C(=O)CC. The molecule has 0 aliphatic carbocycles. The van der Waals surface area contributed by atoms with Crippen molar-refractivity contribution in [3.05, 3.63) is 42.1 Å². The zero-order valence-corrected chi connectivity index (χ0v) is 17.9. The number of ether oxygens (including phenoxy) is 2. The monoisotopic (exact) mass is 413 g/mol. The Labute approximate surface area is 176 Å². The second kappa shape index (κ2) is 8.76. The molecule has 30 heavy (non-hydrogen) atoms. The molecule has 1 N–H and O–H groups in total. The van der Waals surface area contributed by atoms with Gasteiger partial charge in [-0.15, -0.1) is 0 Å². The first-order valence-corrected chi connectivity index (χ1v) is 9.91. The van der Waals surface area contributed by atoms with Crippen molar-refractivity contribution >= 4 is 17.7 Å². The molecule has 3 rings (SSSR count). The molecule has 1 aliphatic rings. The fourth-order valence-corrected chi connectivity index (χ4v) is 3.18. The second-order valence-electron chi connectivity index (χ2n) is 7.07. The third kappa shape index (κ3) is 3.99. The number of hydrogen-bond donors (Lipinski definition) is 1. The van der Waals surface area contributed by atoms with Gasteiger partial charge in [-0.05, 0) is 6.92 Å². The Morgan fingerprint density at radius 3 is 2.53 bits per heavy atom. The molecule has 1 fully saturated rings. The Kier molecular flexibility index (Phi) is 6.33. The van der Waals surface area contributed by atoms with Gasteiger partial charge in [0.15, 0.2) is 5.82 Å². The topological polar surface area (TPSA) is 96.9 Å². The molecule has 0 radical (unpaired) electrons. The van der Waals surface area contributed by atoms with Crippen LogP contribution >= 0.6 is 0 Å². The molecule has 1 saturated heterocycles. The number of esters is 1. The molecule has 2 atom stereocenters. The highest BCUT2D eigenvalue weighted by Crippen LogP contribution is 2.40. The number of benzene rings is 1. The van der Waals surface area contributed by atoms with E-state index in [1.165, 1.54) is 5.01 Å². The van der Waals surface area contributed by atoms with Gasteiger partial charge in [-0.2, -0.15) is 5.43 Å². The predicted molar refractivity (Wildman–Crippen MR) is 111 cm³/mol. The molecule has 1 amide bonds. The summed E-state index contributed by atoms with van der Waals surface area (Å²) in [6, 6.07) is 9.53. The van der Waals surface area contributed by atoms with Crippen LogP contribution in [0.2, 0.25) is 0 Å². The van der Waals surface area contributed by atoms with Crippen LogP contribution in [-0.4, -0.2) is 47.2 Å². The minimum atomic E-state index is -1.81. The Hall–Kier alpha value is -3.04. The standard InChI is InChI=1S/C21H27N5O4/c1-6-17(27)26-21(29-14(3)24-26,30-18(28)7-2)16-13-22-19(23-20(16)25(4)5)15-11-9-8-10-12-15/h8-14,24H,6-7H2,1-5H3. The van der Waals surface area contributed by atoms with Crippen LogP contribution in [0.1, 0.15) is 39.2 Å². The summed E-state index contributed by atoms with van der Waals surface area (Å²) >= 11 is 0. The molecule has 1 aromatic carbocycles. The molecular formula is C21H27N5O4. The number of anilines is 1. The van der Waals surface area contributed by atoms with E-state index in [2.05, 4.69) is 15.4 Å². The lowest BCUT2D eigenvalue weighted by molar-refractivity contribution is -0.276. The largest absolute Gasteiger partial charge is 0.408 e. The lowest BCUT2D eigenvalue weighted by Gasteiger charge is -2.36. The number of amides is 1. The zero-order chi connectivity index (χ0) is 21.9. The Morgan fingerprint density at radius 2 is 1.93 bits per heavy atom. The van der Waals surface area contributed by atoms with Gasteiger partial charge in [-0.1, -0.05) is 44.2 Å². The fourth-order valence-electron chi connectivity index (χ4n) is 3.18. The third-order valence-electron chi connectivity index (χ3n) is 4.60. The summed E-state index contributed by atoms with van der Waals surface area (Å²) in [7, 11) is 3.63. The minimum Gasteiger partial charge on any atom is -0.408 e. The third-order valence-corrected chi connectivity index (χ3v) is 4.60. The number of hydrazine groups is 1. The van der Waals surface area contributed by atoms with Gasteiger partial charge in [0.25, 0.3) is 0 Å². The molecule has 2 heterocycles. The Balaban J connectivity index is 2.20. The van der Waals surface area contributed by atoms with Crippen LogP contribution in [0.3, 0.4) is 0 Å². The van der Waals surface area contributed by atoms with Gasteiger partial charge < -0.3 is 9.64 Å². The van der Waals surface area contributed by atoms with Gasteiger partial charge >= 0.3 is 11.9 Å².